The fourth-order valence-electron chi connectivity index (χ4n) is 2.49. The lowest BCUT2D eigenvalue weighted by Gasteiger charge is -2.21. The van der Waals surface area contributed by atoms with E-state index < -0.39 is 29.2 Å². The SMILES string of the molecule is CCN(Cc1cccc(F)c1)C(=O)COc1cc(C(=O)OC)ccc1[N+](=O)[O-]. The Hall–Kier alpha value is -3.49. The van der Waals surface area contributed by atoms with Crippen molar-refractivity contribution in [2.24, 2.45) is 0 Å². The van der Waals surface area contributed by atoms with Gasteiger partial charge in [0.1, 0.15) is 5.82 Å². The number of likely N-dealkylation sites (N-methyl/N-ethyl adjacent to an activating group) is 1. The van der Waals surface area contributed by atoms with E-state index in [4.69, 9.17) is 4.74 Å². The van der Waals surface area contributed by atoms with Gasteiger partial charge in [-0.05, 0) is 30.7 Å². The first kappa shape index (κ1) is 20.8. The molecule has 0 aliphatic carbocycles. The van der Waals surface area contributed by atoms with Gasteiger partial charge in [-0.2, -0.15) is 0 Å². The Morgan fingerprint density at radius 1 is 1.21 bits per heavy atom. The number of benzene rings is 2. The predicted octanol–water partition coefficient (Wildman–Crippen LogP) is 2.95. The van der Waals surface area contributed by atoms with Gasteiger partial charge in [0, 0.05) is 25.2 Å². The van der Waals surface area contributed by atoms with Gasteiger partial charge in [-0.25, -0.2) is 9.18 Å². The molecule has 0 spiro atoms. The van der Waals surface area contributed by atoms with Gasteiger partial charge in [0.25, 0.3) is 5.91 Å². The predicted molar refractivity (Wildman–Crippen MR) is 97.4 cm³/mol. The molecule has 2 aromatic carbocycles. The van der Waals surface area contributed by atoms with Gasteiger partial charge in [-0.15, -0.1) is 0 Å². The van der Waals surface area contributed by atoms with Crippen molar-refractivity contribution < 1.29 is 28.4 Å². The van der Waals surface area contributed by atoms with E-state index in [1.165, 1.54) is 30.2 Å². The molecule has 0 saturated heterocycles. The number of carbonyl (C=O) groups excluding carboxylic acids is 2. The maximum absolute atomic E-state index is 13.3. The van der Waals surface area contributed by atoms with Crippen LogP contribution < -0.4 is 4.74 Å². The van der Waals surface area contributed by atoms with E-state index >= 15 is 0 Å². The van der Waals surface area contributed by atoms with Crippen molar-refractivity contribution >= 4 is 17.6 Å². The Balaban J connectivity index is 2.13. The normalized spacial score (nSPS) is 10.2. The Labute approximate surface area is 160 Å². The molecule has 0 saturated carbocycles. The summed E-state index contributed by atoms with van der Waals surface area (Å²) in [4.78, 5) is 36.0. The molecule has 2 rings (SSSR count). The molecule has 0 atom stereocenters. The standard InChI is InChI=1S/C19H19FN2O6/c1-3-21(11-13-5-4-6-15(20)9-13)18(23)12-28-17-10-14(19(24)27-2)7-8-16(17)22(25)26/h4-10H,3,11-12H2,1-2H3. The van der Waals surface area contributed by atoms with Crippen molar-refractivity contribution in [3.8, 4) is 5.75 Å². The van der Waals surface area contributed by atoms with Crippen molar-refractivity contribution in [1.82, 2.24) is 4.90 Å². The van der Waals surface area contributed by atoms with E-state index in [9.17, 15) is 24.1 Å². The molecule has 0 aliphatic rings. The van der Waals surface area contributed by atoms with E-state index in [0.717, 1.165) is 12.1 Å². The number of hydrogen-bond acceptors (Lipinski definition) is 6. The van der Waals surface area contributed by atoms with Crippen molar-refractivity contribution in [3.63, 3.8) is 0 Å². The van der Waals surface area contributed by atoms with Crippen molar-refractivity contribution in [2.75, 3.05) is 20.3 Å². The van der Waals surface area contributed by atoms with Crippen LogP contribution >= 0.6 is 0 Å². The van der Waals surface area contributed by atoms with Crippen LogP contribution in [0.3, 0.4) is 0 Å². The minimum Gasteiger partial charge on any atom is -0.477 e. The van der Waals surface area contributed by atoms with Gasteiger partial charge in [-0.1, -0.05) is 12.1 Å². The maximum Gasteiger partial charge on any atom is 0.337 e. The molecule has 0 radical (unpaired) electrons. The lowest BCUT2D eigenvalue weighted by molar-refractivity contribution is -0.385. The third-order valence-corrected chi connectivity index (χ3v) is 3.93. The number of nitro groups is 1. The zero-order valence-electron chi connectivity index (χ0n) is 15.4. The van der Waals surface area contributed by atoms with E-state index in [0.29, 0.717) is 12.1 Å². The molecule has 0 unspecified atom stereocenters. The molecule has 0 aromatic heterocycles. The molecule has 8 nitrogen and oxygen atoms in total. The number of ether oxygens (including phenoxy) is 2. The van der Waals surface area contributed by atoms with Gasteiger partial charge in [0.2, 0.25) is 0 Å². The smallest absolute Gasteiger partial charge is 0.337 e. The number of halogens is 1. The highest BCUT2D eigenvalue weighted by Gasteiger charge is 2.21. The summed E-state index contributed by atoms with van der Waals surface area (Å²) in [6.45, 7) is 1.77. The number of methoxy groups -OCH3 is 1. The monoisotopic (exact) mass is 390 g/mol. The quantitative estimate of drug-likeness (QED) is 0.390. The third kappa shape index (κ3) is 5.26. The number of carbonyl (C=O) groups is 2. The highest BCUT2D eigenvalue weighted by atomic mass is 19.1. The van der Waals surface area contributed by atoms with Crippen molar-refractivity contribution in [1.29, 1.82) is 0 Å². The summed E-state index contributed by atoms with van der Waals surface area (Å²) in [5.74, 6) is -1.76. The van der Waals surface area contributed by atoms with Crippen LogP contribution in [-0.4, -0.2) is 42.0 Å². The second-order valence-electron chi connectivity index (χ2n) is 5.76. The fourth-order valence-corrected chi connectivity index (χ4v) is 2.49. The number of rotatable bonds is 8. The van der Waals surface area contributed by atoms with Crippen LogP contribution in [0.4, 0.5) is 10.1 Å². The molecule has 0 N–H and O–H groups in total. The van der Waals surface area contributed by atoms with Gasteiger partial charge < -0.3 is 14.4 Å². The number of esters is 1. The lowest BCUT2D eigenvalue weighted by Crippen LogP contribution is -2.34. The van der Waals surface area contributed by atoms with Crippen molar-refractivity contribution in [2.45, 2.75) is 13.5 Å². The van der Waals surface area contributed by atoms with Gasteiger partial charge in [0.15, 0.2) is 12.4 Å². The number of amides is 1. The van der Waals surface area contributed by atoms with Crippen LogP contribution in [0.1, 0.15) is 22.8 Å². The van der Waals surface area contributed by atoms with Crippen LogP contribution in [0.15, 0.2) is 42.5 Å². The lowest BCUT2D eigenvalue weighted by atomic mass is 10.2. The second-order valence-corrected chi connectivity index (χ2v) is 5.76. The largest absolute Gasteiger partial charge is 0.477 e. The summed E-state index contributed by atoms with van der Waals surface area (Å²) in [5, 5.41) is 11.2. The molecule has 0 heterocycles. The molecule has 148 valence electrons. The average molecular weight is 390 g/mol. The third-order valence-electron chi connectivity index (χ3n) is 3.93. The summed E-state index contributed by atoms with van der Waals surface area (Å²) in [6.07, 6.45) is 0. The highest BCUT2D eigenvalue weighted by Crippen LogP contribution is 2.28. The highest BCUT2D eigenvalue weighted by molar-refractivity contribution is 5.90. The van der Waals surface area contributed by atoms with Crippen LogP contribution in [0.5, 0.6) is 5.75 Å². The van der Waals surface area contributed by atoms with E-state index in [-0.39, 0.29) is 23.5 Å². The van der Waals surface area contributed by atoms with Crippen LogP contribution in [0, 0.1) is 15.9 Å². The van der Waals surface area contributed by atoms with Crippen LogP contribution in [-0.2, 0) is 16.1 Å². The summed E-state index contributed by atoms with van der Waals surface area (Å²) in [5.41, 5.74) is 0.283. The van der Waals surface area contributed by atoms with Crippen LogP contribution in [0.2, 0.25) is 0 Å². The molecule has 2 aromatic rings. The molecule has 9 heteroatoms. The summed E-state index contributed by atoms with van der Waals surface area (Å²) in [7, 11) is 1.18. The van der Waals surface area contributed by atoms with Gasteiger partial charge in [-0.3, -0.25) is 14.9 Å². The molecular formula is C19H19FN2O6. The number of nitro benzene ring substituents is 1. The Morgan fingerprint density at radius 3 is 2.57 bits per heavy atom. The van der Waals surface area contributed by atoms with Gasteiger partial charge >= 0.3 is 11.7 Å². The number of nitrogens with zero attached hydrogens (tertiary/aromatic N) is 2. The van der Waals surface area contributed by atoms with E-state index in [1.807, 2.05) is 0 Å². The van der Waals surface area contributed by atoms with E-state index in [2.05, 4.69) is 4.74 Å². The first-order valence-corrected chi connectivity index (χ1v) is 8.37. The Bertz CT molecular complexity index is 886. The maximum atomic E-state index is 13.3. The molecule has 28 heavy (non-hydrogen) atoms. The minimum absolute atomic E-state index is 0.0580. The zero-order valence-corrected chi connectivity index (χ0v) is 15.4. The average Bonchev–Trinajstić information content (AvgIpc) is 2.69. The first-order valence-electron chi connectivity index (χ1n) is 8.37. The summed E-state index contributed by atoms with van der Waals surface area (Å²) in [6, 6.07) is 9.35. The Morgan fingerprint density at radius 2 is 1.96 bits per heavy atom. The molecular weight excluding hydrogens is 371 g/mol. The number of hydrogen-bond donors (Lipinski definition) is 0. The van der Waals surface area contributed by atoms with Crippen LogP contribution in [0.25, 0.3) is 0 Å². The fraction of sp³-hybridized carbons (Fsp3) is 0.263. The molecule has 1 amide bonds. The summed E-state index contributed by atoms with van der Waals surface area (Å²) < 4.78 is 23.2. The first-order chi connectivity index (χ1) is 13.3. The van der Waals surface area contributed by atoms with Gasteiger partial charge in [0.05, 0.1) is 17.6 Å². The summed E-state index contributed by atoms with van der Waals surface area (Å²) >= 11 is 0. The topological polar surface area (TPSA) is 99.0 Å². The van der Waals surface area contributed by atoms with E-state index in [1.54, 1.807) is 19.1 Å². The zero-order chi connectivity index (χ0) is 20.7. The van der Waals surface area contributed by atoms with Crippen molar-refractivity contribution in [3.05, 3.63) is 69.5 Å². The Kier molecular flexibility index (Phi) is 7.02. The second kappa shape index (κ2) is 9.45. The molecule has 0 fully saturated rings. The molecule has 0 aliphatic heterocycles. The minimum atomic E-state index is -0.688. The molecule has 0 bridgehead atoms.